The number of nitrogens with zero attached hydrogens (tertiary/aromatic N) is 2. The van der Waals surface area contributed by atoms with Gasteiger partial charge < -0.3 is 9.80 Å². The maximum Gasteiger partial charge on any atom is 0.0520 e. The minimum absolute atomic E-state index is 0.0721. The topological polar surface area (TPSA) is 6.48 Å². The molecule has 0 unspecified atom stereocenters. The van der Waals surface area contributed by atoms with Crippen molar-refractivity contribution in [3.8, 4) is 22.3 Å². The molecule has 0 bridgehead atoms. The molecule has 2 heteroatoms. The third kappa shape index (κ3) is 7.67. The minimum atomic E-state index is 0.0721. The van der Waals surface area contributed by atoms with Crippen molar-refractivity contribution in [1.82, 2.24) is 0 Å². The van der Waals surface area contributed by atoms with Gasteiger partial charge in [0, 0.05) is 22.7 Å². The fourth-order valence-electron chi connectivity index (χ4n) is 11.2. The Morgan fingerprint density at radius 2 is 0.586 bits per heavy atom. The molecule has 0 saturated heterocycles. The van der Waals surface area contributed by atoms with Gasteiger partial charge in [0.25, 0.3) is 0 Å². The first-order valence-electron chi connectivity index (χ1n) is 24.9. The smallest absolute Gasteiger partial charge is 0.0520 e. The van der Waals surface area contributed by atoms with Crippen LogP contribution in [0.15, 0.2) is 194 Å². The second kappa shape index (κ2) is 17.1. The van der Waals surface area contributed by atoms with Crippen molar-refractivity contribution in [2.75, 3.05) is 9.80 Å². The zero-order chi connectivity index (χ0) is 48.6. The van der Waals surface area contributed by atoms with E-state index in [0.29, 0.717) is 0 Å². The molecule has 0 aliphatic rings. The summed E-state index contributed by atoms with van der Waals surface area (Å²) < 4.78 is 0. The number of benzene rings is 11. The van der Waals surface area contributed by atoms with Gasteiger partial charge in [-0.3, -0.25) is 0 Å². The van der Waals surface area contributed by atoms with E-state index in [-0.39, 0.29) is 10.8 Å². The second-order valence-corrected chi connectivity index (χ2v) is 21.6. The Morgan fingerprint density at radius 1 is 0.286 bits per heavy atom. The predicted octanol–water partition coefficient (Wildman–Crippen LogP) is 19.8. The highest BCUT2D eigenvalue weighted by molar-refractivity contribution is 6.35. The van der Waals surface area contributed by atoms with E-state index in [1.54, 1.807) is 0 Å². The lowest BCUT2D eigenvalue weighted by atomic mass is 9.84. The van der Waals surface area contributed by atoms with E-state index >= 15 is 0 Å². The summed E-state index contributed by atoms with van der Waals surface area (Å²) in [6.07, 6.45) is 0. The first-order chi connectivity index (χ1) is 33.7. The van der Waals surface area contributed by atoms with Crippen LogP contribution in [0, 0.1) is 27.7 Å². The lowest BCUT2D eigenvalue weighted by Crippen LogP contribution is -2.16. The molecule has 0 aromatic heterocycles. The highest BCUT2D eigenvalue weighted by Crippen LogP contribution is 2.47. The minimum Gasteiger partial charge on any atom is -0.310 e. The second-order valence-electron chi connectivity index (χ2n) is 21.6. The molecule has 0 aliphatic carbocycles. The highest BCUT2D eigenvalue weighted by atomic mass is 15.2. The van der Waals surface area contributed by atoms with Gasteiger partial charge >= 0.3 is 0 Å². The van der Waals surface area contributed by atoms with E-state index in [1.807, 2.05) is 0 Å². The maximum atomic E-state index is 2.42. The van der Waals surface area contributed by atoms with Crippen LogP contribution in [0.25, 0.3) is 65.3 Å². The predicted molar refractivity (Wildman–Crippen MR) is 304 cm³/mol. The number of rotatable bonds is 8. The summed E-state index contributed by atoms with van der Waals surface area (Å²) in [4.78, 5) is 4.85. The van der Waals surface area contributed by atoms with Crippen LogP contribution >= 0.6 is 0 Å². The summed E-state index contributed by atoms with van der Waals surface area (Å²) in [6.45, 7) is 22.8. The van der Waals surface area contributed by atoms with Crippen LogP contribution in [0.5, 0.6) is 0 Å². The third-order valence-corrected chi connectivity index (χ3v) is 14.7. The summed E-state index contributed by atoms with van der Waals surface area (Å²) >= 11 is 0. The lowest BCUT2D eigenvalue weighted by molar-refractivity contribution is 0.589. The van der Waals surface area contributed by atoms with Crippen LogP contribution in [-0.4, -0.2) is 0 Å². The fraction of sp³-hybridized carbons (Fsp3) is 0.176. The van der Waals surface area contributed by atoms with Crippen LogP contribution in [0.1, 0.15) is 74.9 Å². The number of para-hydroxylation sites is 2. The quantitative estimate of drug-likeness (QED) is 0.111. The average Bonchev–Trinajstić information content (AvgIpc) is 3.35. The molecule has 70 heavy (non-hydrogen) atoms. The Balaban J connectivity index is 0.985. The van der Waals surface area contributed by atoms with E-state index < -0.39 is 0 Å². The number of aryl methyl sites for hydroxylation is 4. The summed E-state index contributed by atoms with van der Waals surface area (Å²) in [5, 5.41) is 10.3. The summed E-state index contributed by atoms with van der Waals surface area (Å²) in [5.41, 5.74) is 19.9. The molecule has 344 valence electrons. The van der Waals surface area contributed by atoms with Crippen molar-refractivity contribution >= 4 is 77.2 Å². The third-order valence-electron chi connectivity index (χ3n) is 14.7. The SMILES string of the molecule is Cc1cc(C(C)(C)C)cc(C)c1N(c1ccccc1)c1ccc(-c2ccc3c4ccc(-c5ccc(N(c6ccccc6)c6c(C)cc(C(C)(C)C)cc6C)cc5)c5cccc(c6cccc2c63)c54)cc1. The molecule has 0 saturated carbocycles. The molecular weight excluding hydrogens is 845 g/mol. The Hall–Kier alpha value is -7.68. The standard InChI is InChI=1S/C68H62N2/c1-43-39-49(67(5,6)7)40-44(2)65(43)69(51-19-13-11-14-20-51)53-31-27-47(28-32-53)55-35-37-61-62-38-36-56(58-24-18-26-60(64(58)62)59-25-17-23-57(55)63(59)61)48-29-33-54(34-30-48)70(52-21-15-12-16-22-52)66-45(3)41-50(42-46(66)4)68(8,9)10/h11-42H,1-10H3. The van der Waals surface area contributed by atoms with Crippen molar-refractivity contribution in [2.24, 2.45) is 0 Å². The van der Waals surface area contributed by atoms with Crippen LogP contribution < -0.4 is 9.80 Å². The highest BCUT2D eigenvalue weighted by Gasteiger charge is 2.24. The van der Waals surface area contributed by atoms with Gasteiger partial charge in [0.1, 0.15) is 0 Å². The average molecular weight is 907 g/mol. The molecule has 0 spiro atoms. The molecular formula is C68H62N2. The van der Waals surface area contributed by atoms with Crippen molar-refractivity contribution in [3.05, 3.63) is 228 Å². The molecule has 0 aliphatic heterocycles. The van der Waals surface area contributed by atoms with E-state index in [2.05, 4.69) is 273 Å². The normalized spacial score (nSPS) is 12.1. The molecule has 0 amide bonds. The van der Waals surface area contributed by atoms with Gasteiger partial charge in [-0.2, -0.15) is 0 Å². The molecule has 0 radical (unpaired) electrons. The largest absolute Gasteiger partial charge is 0.310 e. The Morgan fingerprint density at radius 3 is 0.914 bits per heavy atom. The maximum absolute atomic E-state index is 2.42. The number of anilines is 6. The van der Waals surface area contributed by atoms with Gasteiger partial charge in [-0.15, -0.1) is 0 Å². The number of hydrogen-bond donors (Lipinski definition) is 0. The zero-order valence-corrected chi connectivity index (χ0v) is 42.4. The van der Waals surface area contributed by atoms with Crippen molar-refractivity contribution < 1.29 is 0 Å². The molecule has 2 nitrogen and oxygen atoms in total. The molecule has 0 atom stereocenters. The number of hydrogen-bond acceptors (Lipinski definition) is 2. The molecule has 0 N–H and O–H groups in total. The Labute approximate surface area is 414 Å². The molecule has 11 aromatic rings. The first-order valence-corrected chi connectivity index (χ1v) is 24.9. The van der Waals surface area contributed by atoms with E-state index in [9.17, 15) is 0 Å². The lowest BCUT2D eigenvalue weighted by Gasteiger charge is -2.31. The Kier molecular flexibility index (Phi) is 10.9. The summed E-state index contributed by atoms with van der Waals surface area (Å²) in [7, 11) is 0. The van der Waals surface area contributed by atoms with Gasteiger partial charge in [-0.1, -0.05) is 187 Å². The van der Waals surface area contributed by atoms with Crippen molar-refractivity contribution in [2.45, 2.75) is 80.1 Å². The zero-order valence-electron chi connectivity index (χ0n) is 42.4. The van der Waals surface area contributed by atoms with Crippen LogP contribution in [0.2, 0.25) is 0 Å². The van der Waals surface area contributed by atoms with Crippen LogP contribution in [0.4, 0.5) is 34.1 Å². The van der Waals surface area contributed by atoms with Gasteiger partial charge in [-0.05, 0) is 186 Å². The van der Waals surface area contributed by atoms with Crippen molar-refractivity contribution in [1.29, 1.82) is 0 Å². The molecule has 0 heterocycles. The monoisotopic (exact) mass is 906 g/mol. The molecule has 0 fully saturated rings. The molecule has 11 rings (SSSR count). The fourth-order valence-corrected chi connectivity index (χ4v) is 11.2. The van der Waals surface area contributed by atoms with Crippen molar-refractivity contribution in [3.63, 3.8) is 0 Å². The summed E-state index contributed by atoms with van der Waals surface area (Å²) in [5.74, 6) is 0. The van der Waals surface area contributed by atoms with E-state index in [0.717, 1.165) is 22.7 Å². The Bertz CT molecular complexity index is 3420. The van der Waals surface area contributed by atoms with Gasteiger partial charge in [0.2, 0.25) is 0 Å². The van der Waals surface area contributed by atoms with Gasteiger partial charge in [-0.25, -0.2) is 0 Å². The van der Waals surface area contributed by atoms with Crippen LogP contribution in [0.3, 0.4) is 0 Å². The van der Waals surface area contributed by atoms with Crippen LogP contribution in [-0.2, 0) is 10.8 Å². The van der Waals surface area contributed by atoms with Gasteiger partial charge in [0.15, 0.2) is 0 Å². The van der Waals surface area contributed by atoms with E-state index in [4.69, 9.17) is 0 Å². The number of fused-ring (bicyclic) bond motifs is 2. The van der Waals surface area contributed by atoms with Gasteiger partial charge in [0.05, 0.1) is 11.4 Å². The summed E-state index contributed by atoms with van der Waals surface area (Å²) in [6, 6.07) is 72.6. The van der Waals surface area contributed by atoms with E-state index in [1.165, 1.54) is 110 Å². The first kappa shape index (κ1) is 44.8. The molecule has 11 aromatic carbocycles.